The Labute approximate surface area is 133 Å². The fourth-order valence-electron chi connectivity index (χ4n) is 3.04. The molecular weight excluding hydrogens is 292 g/mol. The van der Waals surface area contributed by atoms with Gasteiger partial charge in [-0.15, -0.1) is 0 Å². The molecule has 2 aromatic heterocycles. The second kappa shape index (κ2) is 5.68. The molecule has 23 heavy (non-hydrogen) atoms. The molecule has 2 atom stereocenters. The molecule has 0 unspecified atom stereocenters. The number of fused-ring (bicyclic) bond motifs is 1. The van der Waals surface area contributed by atoms with Crippen molar-refractivity contribution in [1.29, 1.82) is 0 Å². The Balaban J connectivity index is 1.77. The summed E-state index contributed by atoms with van der Waals surface area (Å²) < 4.78 is 7.33. The molecule has 7 heteroatoms. The Kier molecular flexibility index (Phi) is 3.38. The number of rotatable bonds is 3. The van der Waals surface area contributed by atoms with Gasteiger partial charge in [0.2, 0.25) is 5.95 Å². The Morgan fingerprint density at radius 2 is 2.13 bits per heavy atom. The molecule has 116 valence electrons. The highest BCUT2D eigenvalue weighted by Gasteiger charge is 2.32. The van der Waals surface area contributed by atoms with Gasteiger partial charge in [0.05, 0.1) is 19.2 Å². The first-order valence-electron chi connectivity index (χ1n) is 7.44. The Morgan fingerprint density at radius 3 is 2.96 bits per heavy atom. The number of tetrazole rings is 1. The lowest BCUT2D eigenvalue weighted by Gasteiger charge is -2.31. The second-order valence-electron chi connectivity index (χ2n) is 5.42. The molecule has 0 amide bonds. The Bertz CT molecular complexity index is 803. The van der Waals surface area contributed by atoms with Gasteiger partial charge in [-0.3, -0.25) is 4.98 Å². The minimum atomic E-state index is 0.00241. The van der Waals surface area contributed by atoms with Crippen LogP contribution in [0.4, 0.5) is 5.95 Å². The van der Waals surface area contributed by atoms with Gasteiger partial charge >= 0.3 is 0 Å². The van der Waals surface area contributed by atoms with E-state index < -0.39 is 0 Å². The fourth-order valence-corrected chi connectivity index (χ4v) is 3.04. The summed E-state index contributed by atoms with van der Waals surface area (Å²) in [5, 5.41) is 15.4. The van der Waals surface area contributed by atoms with Gasteiger partial charge in [-0.2, -0.15) is 0 Å². The second-order valence-corrected chi connectivity index (χ2v) is 5.42. The van der Waals surface area contributed by atoms with E-state index in [1.165, 1.54) is 0 Å². The van der Waals surface area contributed by atoms with E-state index in [1.54, 1.807) is 13.3 Å². The normalized spacial score (nSPS) is 19.7. The standard InChI is InChI=1S/C16H16N6O/c1-23-15-7-3-2-6-12(15)14-9-13(11-5-4-8-17-10-11)18-16-19-20-21-22(14)16/h2-8,10,13-14H,9H2,1H3,(H,18,19,21)/t13-,14-/m1/s1. The minimum absolute atomic E-state index is 0.00241. The van der Waals surface area contributed by atoms with Crippen molar-refractivity contribution in [2.45, 2.75) is 18.5 Å². The van der Waals surface area contributed by atoms with E-state index in [1.807, 2.05) is 35.1 Å². The zero-order valence-electron chi connectivity index (χ0n) is 12.6. The van der Waals surface area contributed by atoms with Crippen molar-refractivity contribution in [1.82, 2.24) is 25.2 Å². The van der Waals surface area contributed by atoms with Crippen molar-refractivity contribution in [2.24, 2.45) is 0 Å². The summed E-state index contributed by atoms with van der Waals surface area (Å²) in [5.41, 5.74) is 2.18. The van der Waals surface area contributed by atoms with E-state index in [0.29, 0.717) is 5.95 Å². The molecule has 1 aliphatic heterocycles. The lowest BCUT2D eigenvalue weighted by atomic mass is 9.93. The molecule has 0 bridgehead atoms. The van der Waals surface area contributed by atoms with E-state index in [2.05, 4.69) is 38.0 Å². The Hall–Kier alpha value is -2.96. The highest BCUT2D eigenvalue weighted by molar-refractivity contribution is 5.41. The number of methoxy groups -OCH3 is 1. The monoisotopic (exact) mass is 308 g/mol. The number of aromatic nitrogens is 5. The van der Waals surface area contributed by atoms with Gasteiger partial charge in [-0.25, -0.2) is 4.68 Å². The molecule has 0 aliphatic carbocycles. The molecule has 1 aliphatic rings. The molecule has 7 nitrogen and oxygen atoms in total. The van der Waals surface area contributed by atoms with E-state index in [-0.39, 0.29) is 12.1 Å². The predicted octanol–water partition coefficient (Wildman–Crippen LogP) is 2.22. The lowest BCUT2D eigenvalue weighted by molar-refractivity contribution is 0.377. The zero-order valence-corrected chi connectivity index (χ0v) is 12.6. The average molecular weight is 308 g/mol. The molecule has 0 fully saturated rings. The van der Waals surface area contributed by atoms with Crippen LogP contribution >= 0.6 is 0 Å². The molecule has 0 saturated carbocycles. The minimum Gasteiger partial charge on any atom is -0.496 e. The number of ether oxygens (including phenoxy) is 1. The van der Waals surface area contributed by atoms with Crippen molar-refractivity contribution in [3.05, 3.63) is 59.9 Å². The summed E-state index contributed by atoms with van der Waals surface area (Å²) in [7, 11) is 1.68. The van der Waals surface area contributed by atoms with Crippen LogP contribution in [0.2, 0.25) is 0 Å². The van der Waals surface area contributed by atoms with Gasteiger partial charge in [-0.1, -0.05) is 29.4 Å². The zero-order chi connectivity index (χ0) is 15.6. The topological polar surface area (TPSA) is 77.8 Å². The molecule has 3 aromatic rings. The van der Waals surface area contributed by atoms with Crippen molar-refractivity contribution in [2.75, 3.05) is 12.4 Å². The number of para-hydroxylation sites is 1. The van der Waals surface area contributed by atoms with Gasteiger partial charge in [0.25, 0.3) is 0 Å². The molecule has 4 rings (SSSR count). The van der Waals surface area contributed by atoms with Crippen molar-refractivity contribution in [3.63, 3.8) is 0 Å². The smallest absolute Gasteiger partial charge is 0.244 e. The van der Waals surface area contributed by atoms with E-state index in [0.717, 1.165) is 23.3 Å². The van der Waals surface area contributed by atoms with E-state index in [9.17, 15) is 0 Å². The van der Waals surface area contributed by atoms with Crippen molar-refractivity contribution >= 4 is 5.95 Å². The van der Waals surface area contributed by atoms with Crippen LogP contribution in [-0.4, -0.2) is 32.3 Å². The van der Waals surface area contributed by atoms with Crippen LogP contribution in [0, 0.1) is 0 Å². The maximum absolute atomic E-state index is 5.52. The van der Waals surface area contributed by atoms with Gasteiger partial charge < -0.3 is 10.1 Å². The molecular formula is C16H16N6O. The highest BCUT2D eigenvalue weighted by Crippen LogP contribution is 2.39. The molecule has 1 aromatic carbocycles. The van der Waals surface area contributed by atoms with Gasteiger partial charge in [0, 0.05) is 18.0 Å². The lowest BCUT2D eigenvalue weighted by Crippen LogP contribution is -2.28. The fraction of sp³-hybridized carbons (Fsp3) is 0.250. The first-order chi connectivity index (χ1) is 11.4. The van der Waals surface area contributed by atoms with Crippen LogP contribution in [-0.2, 0) is 0 Å². The number of benzene rings is 1. The summed E-state index contributed by atoms with van der Waals surface area (Å²) in [5.74, 6) is 1.49. The summed E-state index contributed by atoms with van der Waals surface area (Å²) >= 11 is 0. The van der Waals surface area contributed by atoms with Crippen molar-refractivity contribution in [3.8, 4) is 5.75 Å². The third-order valence-corrected chi connectivity index (χ3v) is 4.14. The average Bonchev–Trinajstić information content (AvgIpc) is 3.10. The van der Waals surface area contributed by atoms with E-state index in [4.69, 9.17) is 4.74 Å². The number of nitrogens with one attached hydrogen (secondary N) is 1. The van der Waals surface area contributed by atoms with Gasteiger partial charge in [0.15, 0.2) is 0 Å². The number of hydrogen-bond donors (Lipinski definition) is 1. The van der Waals surface area contributed by atoms with Gasteiger partial charge in [-0.05, 0) is 34.5 Å². The molecule has 0 spiro atoms. The van der Waals surface area contributed by atoms with Crippen LogP contribution in [0.25, 0.3) is 0 Å². The number of nitrogens with zero attached hydrogens (tertiary/aromatic N) is 5. The molecule has 0 radical (unpaired) electrons. The number of hydrogen-bond acceptors (Lipinski definition) is 6. The van der Waals surface area contributed by atoms with Crippen LogP contribution in [0.15, 0.2) is 48.8 Å². The maximum Gasteiger partial charge on any atom is 0.244 e. The highest BCUT2D eigenvalue weighted by atomic mass is 16.5. The predicted molar refractivity (Wildman–Crippen MR) is 84.2 cm³/mol. The molecule has 0 saturated heterocycles. The third-order valence-electron chi connectivity index (χ3n) is 4.14. The third kappa shape index (κ3) is 2.40. The van der Waals surface area contributed by atoms with Crippen LogP contribution in [0.5, 0.6) is 5.75 Å². The number of pyridine rings is 1. The van der Waals surface area contributed by atoms with Crippen LogP contribution in [0.1, 0.15) is 29.6 Å². The van der Waals surface area contributed by atoms with Crippen LogP contribution < -0.4 is 10.1 Å². The summed E-state index contributed by atoms with van der Waals surface area (Å²) in [6.07, 6.45) is 4.45. The van der Waals surface area contributed by atoms with Crippen LogP contribution in [0.3, 0.4) is 0 Å². The first kappa shape index (κ1) is 13.7. The summed E-state index contributed by atoms with van der Waals surface area (Å²) in [6.45, 7) is 0. The van der Waals surface area contributed by atoms with Crippen molar-refractivity contribution < 1.29 is 4.74 Å². The Morgan fingerprint density at radius 1 is 1.22 bits per heavy atom. The largest absolute Gasteiger partial charge is 0.496 e. The summed E-state index contributed by atoms with van der Waals surface area (Å²) in [6, 6.07) is 12.1. The summed E-state index contributed by atoms with van der Waals surface area (Å²) in [4.78, 5) is 4.21. The number of anilines is 1. The maximum atomic E-state index is 5.52. The quantitative estimate of drug-likeness (QED) is 0.799. The van der Waals surface area contributed by atoms with Gasteiger partial charge in [0.1, 0.15) is 5.75 Å². The van der Waals surface area contributed by atoms with E-state index >= 15 is 0 Å². The SMILES string of the molecule is COc1ccccc1[C@H]1C[C@H](c2cccnc2)Nc2nnnn21. The molecule has 1 N–H and O–H groups in total. The molecule has 3 heterocycles. The first-order valence-corrected chi connectivity index (χ1v) is 7.44.